The number of hydrogen-bond donors (Lipinski definition) is 1. The third kappa shape index (κ3) is 3.73. The molecule has 0 aromatic heterocycles. The molecular formula is C23H27ClO3. The van der Waals surface area contributed by atoms with Crippen LogP contribution in [0.2, 0.25) is 5.02 Å². The first-order valence-electron chi connectivity index (χ1n) is 9.88. The van der Waals surface area contributed by atoms with Gasteiger partial charge in [0.15, 0.2) is 0 Å². The fraction of sp³-hybridized carbons (Fsp3) is 0.478. The standard InChI is InChI=1S/C23H27ClO3/c1-3-26-20-8-4-16(5-9-20)12-18-13-17(6-10-21(18)24)22-11-7-19-14-23(19,27-22)15(2)25/h4-6,8-10,13,15,19,22,25H,3,7,11-12,14H2,1-2H3. The number of ether oxygens (including phenoxy) is 2. The number of fused-ring (bicyclic) bond motifs is 1. The maximum atomic E-state index is 10.1. The maximum absolute atomic E-state index is 10.1. The van der Waals surface area contributed by atoms with Gasteiger partial charge in [0.1, 0.15) is 5.75 Å². The molecule has 3 nitrogen and oxygen atoms in total. The minimum Gasteiger partial charge on any atom is -0.494 e. The van der Waals surface area contributed by atoms with Crippen molar-refractivity contribution in [1.82, 2.24) is 0 Å². The summed E-state index contributed by atoms with van der Waals surface area (Å²) in [6.45, 7) is 4.50. The molecule has 4 heteroatoms. The van der Waals surface area contributed by atoms with E-state index in [9.17, 15) is 5.11 Å². The molecule has 27 heavy (non-hydrogen) atoms. The number of aliphatic hydroxyl groups excluding tert-OH is 1. The number of halogens is 1. The summed E-state index contributed by atoms with van der Waals surface area (Å²) in [7, 11) is 0. The topological polar surface area (TPSA) is 38.7 Å². The van der Waals surface area contributed by atoms with Gasteiger partial charge in [-0.2, -0.15) is 0 Å². The van der Waals surface area contributed by atoms with Crippen LogP contribution >= 0.6 is 11.6 Å². The highest BCUT2D eigenvalue weighted by atomic mass is 35.5. The highest BCUT2D eigenvalue weighted by Crippen LogP contribution is 2.58. The fourth-order valence-corrected chi connectivity index (χ4v) is 4.54. The second kappa shape index (κ2) is 7.46. The summed E-state index contributed by atoms with van der Waals surface area (Å²) < 4.78 is 11.9. The van der Waals surface area contributed by atoms with Gasteiger partial charge in [0.25, 0.3) is 0 Å². The molecule has 0 amide bonds. The highest BCUT2D eigenvalue weighted by Gasteiger charge is 2.61. The summed E-state index contributed by atoms with van der Waals surface area (Å²) in [6, 6.07) is 14.4. The third-order valence-corrected chi connectivity index (χ3v) is 6.38. The van der Waals surface area contributed by atoms with Gasteiger partial charge in [0.2, 0.25) is 0 Å². The molecule has 144 valence electrons. The maximum Gasteiger partial charge on any atom is 0.119 e. The zero-order valence-corrected chi connectivity index (χ0v) is 16.7. The van der Waals surface area contributed by atoms with Crippen molar-refractivity contribution in [2.45, 2.75) is 57.3 Å². The van der Waals surface area contributed by atoms with Gasteiger partial charge in [0.05, 0.1) is 24.4 Å². The molecule has 2 fully saturated rings. The van der Waals surface area contributed by atoms with Crippen LogP contribution in [-0.2, 0) is 11.2 Å². The van der Waals surface area contributed by atoms with Gasteiger partial charge in [-0.15, -0.1) is 0 Å². The molecule has 1 aliphatic heterocycles. The lowest BCUT2D eigenvalue weighted by molar-refractivity contribution is -0.121. The molecule has 4 atom stereocenters. The molecule has 4 unspecified atom stereocenters. The van der Waals surface area contributed by atoms with Crippen molar-refractivity contribution in [3.05, 3.63) is 64.2 Å². The van der Waals surface area contributed by atoms with Gasteiger partial charge in [-0.3, -0.25) is 0 Å². The van der Waals surface area contributed by atoms with E-state index in [-0.39, 0.29) is 11.7 Å². The lowest BCUT2D eigenvalue weighted by atomic mass is 9.94. The Morgan fingerprint density at radius 2 is 2.00 bits per heavy atom. The van der Waals surface area contributed by atoms with Crippen molar-refractivity contribution in [2.75, 3.05) is 6.61 Å². The van der Waals surface area contributed by atoms with E-state index in [1.807, 2.05) is 32.0 Å². The Labute approximate surface area is 166 Å². The van der Waals surface area contributed by atoms with Crippen LogP contribution in [0.1, 0.15) is 55.9 Å². The van der Waals surface area contributed by atoms with E-state index >= 15 is 0 Å². The molecule has 0 spiro atoms. The van der Waals surface area contributed by atoms with E-state index in [0.717, 1.165) is 47.6 Å². The predicted molar refractivity (Wildman–Crippen MR) is 107 cm³/mol. The Morgan fingerprint density at radius 1 is 1.22 bits per heavy atom. The first-order valence-corrected chi connectivity index (χ1v) is 10.3. The Morgan fingerprint density at radius 3 is 2.70 bits per heavy atom. The van der Waals surface area contributed by atoms with Crippen LogP contribution in [0, 0.1) is 5.92 Å². The first-order chi connectivity index (χ1) is 13.0. The van der Waals surface area contributed by atoms with Gasteiger partial charge < -0.3 is 14.6 Å². The van der Waals surface area contributed by atoms with Crippen LogP contribution in [0.5, 0.6) is 5.75 Å². The monoisotopic (exact) mass is 386 g/mol. The normalized spacial score (nSPS) is 27.7. The largest absolute Gasteiger partial charge is 0.494 e. The summed E-state index contributed by atoms with van der Waals surface area (Å²) in [5.41, 5.74) is 3.14. The number of aliphatic hydroxyl groups is 1. The van der Waals surface area contributed by atoms with Gasteiger partial charge in [-0.25, -0.2) is 0 Å². The lowest BCUT2D eigenvalue weighted by Gasteiger charge is -2.32. The third-order valence-electron chi connectivity index (χ3n) is 6.01. The van der Waals surface area contributed by atoms with Gasteiger partial charge in [-0.05, 0) is 80.3 Å². The second-order valence-corrected chi connectivity index (χ2v) is 8.23. The average Bonchev–Trinajstić information content (AvgIpc) is 3.41. The van der Waals surface area contributed by atoms with Crippen LogP contribution < -0.4 is 4.74 Å². The molecular weight excluding hydrogens is 360 g/mol. The summed E-state index contributed by atoms with van der Waals surface area (Å²) >= 11 is 6.48. The Bertz CT molecular complexity index is 802. The molecule has 2 aromatic rings. The molecule has 1 aliphatic carbocycles. The number of hydrogen-bond acceptors (Lipinski definition) is 3. The van der Waals surface area contributed by atoms with Crippen molar-refractivity contribution < 1.29 is 14.6 Å². The minimum absolute atomic E-state index is 0.0368. The van der Waals surface area contributed by atoms with Crippen LogP contribution in [-0.4, -0.2) is 23.4 Å². The van der Waals surface area contributed by atoms with E-state index in [1.165, 1.54) is 5.56 Å². The first kappa shape index (κ1) is 18.8. The zero-order valence-electron chi connectivity index (χ0n) is 16.0. The molecule has 1 N–H and O–H groups in total. The van der Waals surface area contributed by atoms with E-state index < -0.39 is 6.10 Å². The van der Waals surface area contributed by atoms with Crippen molar-refractivity contribution >= 4 is 11.6 Å². The van der Waals surface area contributed by atoms with Crippen LogP contribution in [0.4, 0.5) is 0 Å². The van der Waals surface area contributed by atoms with Crippen LogP contribution in [0.25, 0.3) is 0 Å². The molecule has 2 aliphatic rings. The van der Waals surface area contributed by atoms with E-state index in [1.54, 1.807) is 0 Å². The van der Waals surface area contributed by atoms with Crippen LogP contribution in [0.15, 0.2) is 42.5 Å². The van der Waals surface area contributed by atoms with Gasteiger partial charge >= 0.3 is 0 Å². The fourth-order valence-electron chi connectivity index (χ4n) is 4.36. The molecule has 2 aromatic carbocycles. The summed E-state index contributed by atoms with van der Waals surface area (Å²) in [6.07, 6.45) is 3.50. The van der Waals surface area contributed by atoms with Crippen molar-refractivity contribution in [1.29, 1.82) is 0 Å². The SMILES string of the molecule is CCOc1ccc(Cc2cc(C3CCC4CC4(C(C)O)O3)ccc2Cl)cc1. The van der Waals surface area contributed by atoms with Crippen molar-refractivity contribution in [3.8, 4) is 5.75 Å². The van der Waals surface area contributed by atoms with Crippen molar-refractivity contribution in [3.63, 3.8) is 0 Å². The zero-order chi connectivity index (χ0) is 19.0. The Hall–Kier alpha value is -1.55. The van der Waals surface area contributed by atoms with Crippen molar-refractivity contribution in [2.24, 2.45) is 5.92 Å². The Balaban J connectivity index is 1.51. The summed E-state index contributed by atoms with van der Waals surface area (Å²) in [4.78, 5) is 0. The number of benzene rings is 2. The smallest absolute Gasteiger partial charge is 0.119 e. The molecule has 1 saturated carbocycles. The van der Waals surface area contributed by atoms with Gasteiger partial charge in [-0.1, -0.05) is 35.9 Å². The van der Waals surface area contributed by atoms with Gasteiger partial charge in [0, 0.05) is 5.02 Å². The predicted octanol–water partition coefficient (Wildman–Crippen LogP) is 5.32. The van der Waals surface area contributed by atoms with E-state index in [4.69, 9.17) is 21.1 Å². The second-order valence-electron chi connectivity index (χ2n) is 7.82. The molecule has 1 heterocycles. The summed E-state index contributed by atoms with van der Waals surface area (Å²) in [5, 5.41) is 10.9. The lowest BCUT2D eigenvalue weighted by Crippen LogP contribution is -2.35. The molecule has 4 rings (SSSR count). The molecule has 0 bridgehead atoms. The van der Waals surface area contributed by atoms with Crippen LogP contribution in [0.3, 0.4) is 0 Å². The Kier molecular flexibility index (Phi) is 5.19. The average molecular weight is 387 g/mol. The summed E-state index contributed by atoms with van der Waals surface area (Å²) in [5.74, 6) is 1.41. The number of rotatable bonds is 6. The highest BCUT2D eigenvalue weighted by molar-refractivity contribution is 6.31. The quantitative estimate of drug-likeness (QED) is 0.730. The molecule has 1 saturated heterocycles. The minimum atomic E-state index is -0.416. The van der Waals surface area contributed by atoms with E-state index in [2.05, 4.69) is 24.3 Å². The van der Waals surface area contributed by atoms with E-state index in [0.29, 0.717) is 12.5 Å². The molecule has 0 radical (unpaired) electrons.